The number of benzene rings is 1. The van der Waals surface area contributed by atoms with E-state index in [0.717, 1.165) is 36.0 Å². The summed E-state index contributed by atoms with van der Waals surface area (Å²) in [5.74, 6) is 0.508. The van der Waals surface area contributed by atoms with Crippen LogP contribution in [0.5, 0.6) is 0 Å². The van der Waals surface area contributed by atoms with Crippen LogP contribution in [0.1, 0.15) is 42.5 Å². The molecule has 3 aromatic rings. The summed E-state index contributed by atoms with van der Waals surface area (Å²) in [5, 5.41) is 15.6. The Labute approximate surface area is 172 Å². The minimum absolute atomic E-state index is 0.0207. The van der Waals surface area contributed by atoms with Crippen LogP contribution in [-0.2, 0) is 7.05 Å². The number of nitrogens with zero attached hydrogens (tertiary/aromatic N) is 3. The average Bonchev–Trinajstić information content (AvgIpc) is 2.77. The number of alkyl halides is 2. The lowest BCUT2D eigenvalue weighted by atomic mass is 10.00. The topological polar surface area (TPSA) is 71.8 Å². The molecule has 0 amide bonds. The van der Waals surface area contributed by atoms with Crippen LogP contribution in [0, 0.1) is 0 Å². The highest BCUT2D eigenvalue weighted by Crippen LogP contribution is 2.28. The molecule has 1 atom stereocenters. The van der Waals surface area contributed by atoms with Crippen molar-refractivity contribution in [3.8, 4) is 0 Å². The Balaban J connectivity index is 1.76. The molecule has 8 heteroatoms. The highest BCUT2D eigenvalue weighted by molar-refractivity contribution is 5.91. The highest BCUT2D eigenvalue weighted by Gasteiger charge is 2.17. The van der Waals surface area contributed by atoms with E-state index in [2.05, 4.69) is 20.8 Å². The van der Waals surface area contributed by atoms with Crippen LogP contribution >= 0.6 is 0 Å². The molecule has 2 aromatic heterocycles. The van der Waals surface area contributed by atoms with E-state index in [1.165, 1.54) is 12.1 Å². The highest BCUT2D eigenvalue weighted by atomic mass is 19.3. The molecular weight excluding hydrogens is 388 g/mol. The first-order valence-corrected chi connectivity index (χ1v) is 9.86. The second kappa shape index (κ2) is 8.31. The van der Waals surface area contributed by atoms with E-state index in [4.69, 9.17) is 0 Å². The van der Waals surface area contributed by atoms with Crippen LogP contribution in [0.4, 0.5) is 14.6 Å². The van der Waals surface area contributed by atoms with E-state index in [1.807, 2.05) is 19.1 Å². The van der Waals surface area contributed by atoms with Crippen molar-refractivity contribution in [2.24, 2.45) is 7.05 Å². The molecule has 4 rings (SSSR count). The third-order valence-corrected chi connectivity index (χ3v) is 5.48. The van der Waals surface area contributed by atoms with Crippen LogP contribution in [0.25, 0.3) is 16.5 Å². The van der Waals surface area contributed by atoms with Gasteiger partial charge < -0.3 is 15.2 Å². The molecule has 3 heterocycles. The number of anilines is 1. The standard InChI is InChI=1S/C22H23F2N5O/c1-13(15-4-3-5-16(10-15)20(23)24)27-21-18-11-17(14-6-8-25-9-7-14)22(30)29(2)19(18)12-26-28-21/h3-6,10-13,20,25H,7-9H2,1-2H3,(H,27,28)/t13-/m1/s1. The normalized spacial score (nSPS) is 15.3. The van der Waals surface area contributed by atoms with Crippen molar-refractivity contribution in [2.75, 3.05) is 18.4 Å². The Kier molecular flexibility index (Phi) is 5.59. The summed E-state index contributed by atoms with van der Waals surface area (Å²) in [5.41, 5.74) is 2.94. The number of pyridine rings is 1. The van der Waals surface area contributed by atoms with Crippen molar-refractivity contribution < 1.29 is 8.78 Å². The van der Waals surface area contributed by atoms with Gasteiger partial charge in [-0.25, -0.2) is 8.78 Å². The van der Waals surface area contributed by atoms with Crippen molar-refractivity contribution >= 4 is 22.3 Å². The minimum Gasteiger partial charge on any atom is -0.361 e. The number of nitrogens with one attached hydrogen (secondary N) is 2. The van der Waals surface area contributed by atoms with E-state index in [-0.39, 0.29) is 17.2 Å². The molecule has 0 radical (unpaired) electrons. The summed E-state index contributed by atoms with van der Waals surface area (Å²) in [7, 11) is 1.72. The summed E-state index contributed by atoms with van der Waals surface area (Å²) < 4.78 is 27.7. The second-order valence-electron chi connectivity index (χ2n) is 7.43. The predicted molar refractivity (Wildman–Crippen MR) is 114 cm³/mol. The lowest BCUT2D eigenvalue weighted by Crippen LogP contribution is -2.26. The second-order valence-corrected chi connectivity index (χ2v) is 7.43. The molecule has 156 valence electrons. The Morgan fingerprint density at radius 3 is 2.77 bits per heavy atom. The predicted octanol–water partition coefficient (Wildman–Crippen LogP) is 3.82. The molecule has 0 bridgehead atoms. The summed E-state index contributed by atoms with van der Waals surface area (Å²) in [6.45, 7) is 3.43. The van der Waals surface area contributed by atoms with Crippen molar-refractivity contribution in [3.05, 3.63) is 69.6 Å². The van der Waals surface area contributed by atoms with Gasteiger partial charge in [-0.3, -0.25) is 4.79 Å². The van der Waals surface area contributed by atoms with Crippen LogP contribution < -0.4 is 16.2 Å². The van der Waals surface area contributed by atoms with Gasteiger partial charge in [-0.15, -0.1) is 5.10 Å². The molecule has 30 heavy (non-hydrogen) atoms. The lowest BCUT2D eigenvalue weighted by Gasteiger charge is -2.19. The molecule has 0 aliphatic carbocycles. The molecule has 0 unspecified atom stereocenters. The van der Waals surface area contributed by atoms with E-state index in [0.29, 0.717) is 16.9 Å². The van der Waals surface area contributed by atoms with Crippen LogP contribution in [0.15, 0.2) is 47.4 Å². The number of hydrogen-bond donors (Lipinski definition) is 2. The van der Waals surface area contributed by atoms with E-state index in [1.54, 1.807) is 29.9 Å². The Morgan fingerprint density at radius 1 is 1.23 bits per heavy atom. The van der Waals surface area contributed by atoms with Gasteiger partial charge in [0.15, 0.2) is 5.82 Å². The molecule has 0 saturated carbocycles. The quantitative estimate of drug-likeness (QED) is 0.668. The summed E-state index contributed by atoms with van der Waals surface area (Å²) in [6.07, 6.45) is 1.85. The largest absolute Gasteiger partial charge is 0.361 e. The summed E-state index contributed by atoms with van der Waals surface area (Å²) in [4.78, 5) is 12.9. The monoisotopic (exact) mass is 411 g/mol. The fraction of sp³-hybridized carbons (Fsp3) is 0.318. The Morgan fingerprint density at radius 2 is 2.03 bits per heavy atom. The van der Waals surface area contributed by atoms with Gasteiger partial charge in [0.05, 0.1) is 17.8 Å². The van der Waals surface area contributed by atoms with Crippen LogP contribution in [-0.4, -0.2) is 27.9 Å². The fourth-order valence-electron chi connectivity index (χ4n) is 3.75. The number of aryl methyl sites for hydroxylation is 1. The third-order valence-electron chi connectivity index (χ3n) is 5.48. The number of rotatable bonds is 5. The summed E-state index contributed by atoms with van der Waals surface area (Å²) >= 11 is 0. The SMILES string of the molecule is C[C@@H](Nc1nncc2c1cc(C1=CCNCC1)c(=O)n2C)c1cccc(C(F)F)c1. The number of fused-ring (bicyclic) bond motifs is 1. The molecule has 0 spiro atoms. The molecule has 1 aromatic carbocycles. The Hall–Kier alpha value is -3.13. The number of halogens is 2. The average molecular weight is 411 g/mol. The van der Waals surface area contributed by atoms with Crippen molar-refractivity contribution in [1.29, 1.82) is 0 Å². The molecule has 6 nitrogen and oxygen atoms in total. The molecule has 1 aliphatic rings. The molecule has 0 fully saturated rings. The molecule has 2 N–H and O–H groups in total. The smallest absolute Gasteiger partial charge is 0.263 e. The lowest BCUT2D eigenvalue weighted by molar-refractivity contribution is 0.151. The van der Waals surface area contributed by atoms with E-state index < -0.39 is 6.43 Å². The van der Waals surface area contributed by atoms with Gasteiger partial charge in [0, 0.05) is 30.1 Å². The maximum Gasteiger partial charge on any atom is 0.263 e. The first-order valence-electron chi connectivity index (χ1n) is 9.86. The van der Waals surface area contributed by atoms with Crippen LogP contribution in [0.2, 0.25) is 0 Å². The van der Waals surface area contributed by atoms with Gasteiger partial charge in [-0.05, 0) is 43.2 Å². The summed E-state index contributed by atoms with van der Waals surface area (Å²) in [6, 6.07) is 7.89. The van der Waals surface area contributed by atoms with Crippen molar-refractivity contribution in [2.45, 2.75) is 25.8 Å². The van der Waals surface area contributed by atoms with Gasteiger partial charge in [-0.1, -0.05) is 24.3 Å². The molecular formula is C22H23F2N5O. The molecule has 1 aliphatic heterocycles. The number of hydrogen-bond acceptors (Lipinski definition) is 5. The molecule has 0 saturated heterocycles. The van der Waals surface area contributed by atoms with Crippen molar-refractivity contribution in [1.82, 2.24) is 20.1 Å². The zero-order chi connectivity index (χ0) is 21.3. The zero-order valence-corrected chi connectivity index (χ0v) is 16.8. The van der Waals surface area contributed by atoms with Gasteiger partial charge in [0.2, 0.25) is 0 Å². The zero-order valence-electron chi connectivity index (χ0n) is 16.8. The Bertz CT molecular complexity index is 1170. The minimum atomic E-state index is -2.52. The first kappa shape index (κ1) is 20.2. The van der Waals surface area contributed by atoms with Crippen molar-refractivity contribution in [3.63, 3.8) is 0 Å². The van der Waals surface area contributed by atoms with E-state index >= 15 is 0 Å². The third kappa shape index (κ3) is 3.82. The maximum atomic E-state index is 13.1. The first-order chi connectivity index (χ1) is 14.5. The van der Waals surface area contributed by atoms with Gasteiger partial charge in [0.1, 0.15) is 0 Å². The number of aromatic nitrogens is 3. The van der Waals surface area contributed by atoms with Crippen LogP contribution in [0.3, 0.4) is 0 Å². The fourth-order valence-corrected chi connectivity index (χ4v) is 3.75. The van der Waals surface area contributed by atoms with Gasteiger partial charge in [-0.2, -0.15) is 5.10 Å². The van der Waals surface area contributed by atoms with Gasteiger partial charge >= 0.3 is 0 Å². The maximum absolute atomic E-state index is 13.1. The van der Waals surface area contributed by atoms with E-state index in [9.17, 15) is 13.6 Å². The van der Waals surface area contributed by atoms with Gasteiger partial charge in [0.25, 0.3) is 12.0 Å².